The van der Waals surface area contributed by atoms with E-state index < -0.39 is 8.07 Å². The maximum absolute atomic E-state index is 3.01. The Morgan fingerprint density at radius 3 is 1.56 bits per heavy atom. The molecule has 0 saturated heterocycles. The van der Waals surface area contributed by atoms with Crippen molar-refractivity contribution in [2.24, 2.45) is 0 Å². The number of nitrogens with zero attached hydrogens (tertiary/aromatic N) is 1. The molecule has 1 aliphatic rings. The fraction of sp³-hybridized carbons (Fsp3) is 0.0169. The highest BCUT2D eigenvalue weighted by atomic mass is 28.3. The van der Waals surface area contributed by atoms with E-state index in [1.54, 1.807) is 0 Å². The summed E-state index contributed by atoms with van der Waals surface area (Å²) in [6.45, 7) is 0. The summed E-state index contributed by atoms with van der Waals surface area (Å²) in [7, 11) is -3.01. The lowest BCUT2D eigenvalue weighted by atomic mass is 9.85. The van der Waals surface area contributed by atoms with Crippen molar-refractivity contribution in [2.45, 2.75) is 6.42 Å². The molecule has 0 spiro atoms. The van der Waals surface area contributed by atoms with Gasteiger partial charge in [-0.25, -0.2) is 0 Å². The van der Waals surface area contributed by atoms with E-state index >= 15 is 0 Å². The largest absolute Gasteiger partial charge is 0.310 e. The molecule has 0 aliphatic heterocycles. The van der Waals surface area contributed by atoms with E-state index in [0.29, 0.717) is 0 Å². The normalized spacial score (nSPS) is 11.9. The Balaban J connectivity index is 1.33. The van der Waals surface area contributed by atoms with E-state index in [-0.39, 0.29) is 0 Å². The zero-order valence-electron chi connectivity index (χ0n) is 33.8. The van der Waals surface area contributed by atoms with Crippen LogP contribution in [0.15, 0.2) is 249 Å². The molecule has 11 rings (SSSR count). The highest BCUT2D eigenvalue weighted by molar-refractivity contribution is 7.20. The van der Waals surface area contributed by atoms with Crippen molar-refractivity contribution in [3.05, 3.63) is 260 Å². The molecule has 1 nitrogen and oxygen atoms in total. The van der Waals surface area contributed by atoms with E-state index in [1.807, 2.05) is 0 Å². The van der Waals surface area contributed by atoms with Gasteiger partial charge in [-0.2, -0.15) is 0 Å². The van der Waals surface area contributed by atoms with Crippen LogP contribution < -0.4 is 25.6 Å². The van der Waals surface area contributed by atoms with Crippen molar-refractivity contribution in [1.82, 2.24) is 0 Å². The number of fused-ring (bicyclic) bond motifs is 4. The Bertz CT molecular complexity index is 3040. The summed E-state index contributed by atoms with van der Waals surface area (Å²) in [6, 6.07) is 92.5. The fourth-order valence-corrected chi connectivity index (χ4v) is 15.0. The van der Waals surface area contributed by atoms with Gasteiger partial charge in [0.05, 0.1) is 5.69 Å². The Hall–Kier alpha value is -7.52. The zero-order chi connectivity index (χ0) is 40.6. The quantitative estimate of drug-likeness (QED) is 0.104. The highest BCUT2D eigenvalue weighted by Gasteiger charge is 2.44. The van der Waals surface area contributed by atoms with Crippen LogP contribution in [0.2, 0.25) is 0 Å². The monoisotopic (exact) mass is 793 g/mol. The molecule has 0 N–H and O–H groups in total. The van der Waals surface area contributed by atoms with Crippen molar-refractivity contribution < 1.29 is 0 Å². The number of rotatable bonds is 9. The summed E-state index contributed by atoms with van der Waals surface area (Å²) in [5.74, 6) is 0. The van der Waals surface area contributed by atoms with E-state index in [9.17, 15) is 0 Å². The van der Waals surface area contributed by atoms with Gasteiger partial charge < -0.3 is 4.90 Å². The van der Waals surface area contributed by atoms with Crippen molar-refractivity contribution in [2.75, 3.05) is 4.90 Å². The molecule has 0 bridgehead atoms. The third-order valence-electron chi connectivity index (χ3n) is 12.6. The predicted molar refractivity (Wildman–Crippen MR) is 261 cm³/mol. The van der Waals surface area contributed by atoms with Crippen molar-refractivity contribution >= 4 is 56.7 Å². The second-order valence-electron chi connectivity index (χ2n) is 15.9. The maximum atomic E-state index is 2.63. The average molecular weight is 794 g/mol. The van der Waals surface area contributed by atoms with E-state index in [1.165, 1.54) is 87.4 Å². The van der Waals surface area contributed by atoms with Crippen LogP contribution in [-0.4, -0.2) is 8.07 Å². The minimum Gasteiger partial charge on any atom is -0.310 e. The van der Waals surface area contributed by atoms with Gasteiger partial charge in [0, 0.05) is 23.4 Å². The smallest absolute Gasteiger partial charge is 0.181 e. The predicted octanol–water partition coefficient (Wildman–Crippen LogP) is 12.6. The second kappa shape index (κ2) is 15.6. The highest BCUT2D eigenvalue weighted by Crippen LogP contribution is 2.54. The van der Waals surface area contributed by atoms with Crippen LogP contribution in [0, 0.1) is 0 Å². The molecule has 0 aromatic heterocycles. The third kappa shape index (κ3) is 6.15. The van der Waals surface area contributed by atoms with Gasteiger partial charge in [-0.05, 0) is 94.7 Å². The standard InChI is InChI=1S/C59H43NSi/c1-6-24-44(25-7-1)58-54(52-38-22-27-43-23-16-18-36-50(43)52)42-53-51-37-19-17-26-45(51)41-55(53)59(58)60(46-28-8-2-9-29-46)56-39-20-21-40-57(56)61(47-30-10-3-11-31-47,48-32-12-4-13-33-48)49-34-14-5-15-35-49/h1-40,42H,41H2. The number of hydrogen-bond acceptors (Lipinski definition) is 1. The summed E-state index contributed by atoms with van der Waals surface area (Å²) in [6.07, 6.45) is 0.834. The van der Waals surface area contributed by atoms with Crippen LogP contribution in [0.25, 0.3) is 44.2 Å². The second-order valence-corrected chi connectivity index (χ2v) is 19.7. The van der Waals surface area contributed by atoms with Crippen molar-refractivity contribution in [3.63, 3.8) is 0 Å². The molecular weight excluding hydrogens is 751 g/mol. The van der Waals surface area contributed by atoms with Gasteiger partial charge in [-0.1, -0.05) is 224 Å². The maximum Gasteiger partial charge on any atom is 0.181 e. The van der Waals surface area contributed by atoms with Gasteiger partial charge in [-0.3, -0.25) is 0 Å². The molecule has 288 valence electrons. The van der Waals surface area contributed by atoms with Crippen LogP contribution in [-0.2, 0) is 6.42 Å². The molecule has 61 heavy (non-hydrogen) atoms. The van der Waals surface area contributed by atoms with E-state index in [0.717, 1.165) is 12.1 Å². The molecule has 0 radical (unpaired) electrons. The summed E-state index contributed by atoms with van der Waals surface area (Å²) >= 11 is 0. The third-order valence-corrected chi connectivity index (χ3v) is 17.5. The molecule has 10 aromatic rings. The number of para-hydroxylation sites is 2. The SMILES string of the molecule is c1ccc(-c2c(-c3cccc4ccccc34)cc3c(c2N(c2ccccc2)c2ccccc2[Si](c2ccccc2)(c2ccccc2)c2ccccc2)Cc2ccccc2-3)cc1. The average Bonchev–Trinajstić information content (AvgIpc) is 3.72. The lowest BCUT2D eigenvalue weighted by Gasteiger charge is -2.39. The topological polar surface area (TPSA) is 3.24 Å². The number of hydrogen-bond donors (Lipinski definition) is 0. The Kier molecular flexibility index (Phi) is 9.33. The summed E-state index contributed by atoms with van der Waals surface area (Å²) in [5.41, 5.74) is 13.7. The first-order valence-corrected chi connectivity index (χ1v) is 23.2. The minimum absolute atomic E-state index is 0.834. The number of benzene rings is 10. The molecule has 0 fully saturated rings. The van der Waals surface area contributed by atoms with Crippen LogP contribution in [0.5, 0.6) is 0 Å². The first kappa shape index (κ1) is 36.5. The molecular formula is C59H43NSi. The van der Waals surface area contributed by atoms with Crippen molar-refractivity contribution in [1.29, 1.82) is 0 Å². The van der Waals surface area contributed by atoms with Crippen LogP contribution in [0.4, 0.5) is 17.1 Å². The number of anilines is 3. The lowest BCUT2D eigenvalue weighted by molar-refractivity contribution is 1.20. The fourth-order valence-electron chi connectivity index (χ4n) is 10.1. The molecule has 2 heteroatoms. The first-order chi connectivity index (χ1) is 30.3. The Morgan fingerprint density at radius 1 is 0.377 bits per heavy atom. The van der Waals surface area contributed by atoms with Crippen molar-refractivity contribution in [3.8, 4) is 33.4 Å². The van der Waals surface area contributed by atoms with Gasteiger partial charge in [-0.15, -0.1) is 0 Å². The summed E-state index contributed by atoms with van der Waals surface area (Å²) < 4.78 is 0. The van der Waals surface area contributed by atoms with Crippen LogP contribution >= 0.6 is 0 Å². The van der Waals surface area contributed by atoms with Gasteiger partial charge >= 0.3 is 0 Å². The first-order valence-electron chi connectivity index (χ1n) is 21.2. The molecule has 0 heterocycles. The van der Waals surface area contributed by atoms with E-state index in [2.05, 4.69) is 254 Å². The lowest BCUT2D eigenvalue weighted by Crippen LogP contribution is -2.75. The Labute approximate surface area is 359 Å². The Morgan fingerprint density at radius 2 is 0.885 bits per heavy atom. The molecule has 1 aliphatic carbocycles. The molecule has 0 saturated carbocycles. The minimum atomic E-state index is -3.01. The van der Waals surface area contributed by atoms with Gasteiger partial charge in [0.15, 0.2) is 8.07 Å². The van der Waals surface area contributed by atoms with Crippen LogP contribution in [0.1, 0.15) is 11.1 Å². The summed E-state index contributed by atoms with van der Waals surface area (Å²) in [5, 5.41) is 7.85. The molecule has 0 unspecified atom stereocenters. The van der Waals surface area contributed by atoms with E-state index in [4.69, 9.17) is 0 Å². The van der Waals surface area contributed by atoms with Crippen LogP contribution in [0.3, 0.4) is 0 Å². The molecule has 0 amide bonds. The molecule has 0 atom stereocenters. The summed E-state index contributed by atoms with van der Waals surface area (Å²) in [4.78, 5) is 2.63. The van der Waals surface area contributed by atoms with Gasteiger partial charge in [0.1, 0.15) is 0 Å². The zero-order valence-corrected chi connectivity index (χ0v) is 34.8. The molecule has 10 aromatic carbocycles. The van der Waals surface area contributed by atoms with Gasteiger partial charge in [0.25, 0.3) is 0 Å². The van der Waals surface area contributed by atoms with Gasteiger partial charge in [0.2, 0.25) is 0 Å².